The second-order valence-corrected chi connectivity index (χ2v) is 5.04. The summed E-state index contributed by atoms with van der Waals surface area (Å²) in [6, 6.07) is 0. The molecule has 0 spiro atoms. The lowest BCUT2D eigenvalue weighted by Crippen LogP contribution is -2.15. The first-order chi connectivity index (χ1) is 8.62. The molecule has 1 aromatic rings. The number of ketones is 1. The average molecular weight is 335 g/mol. The second kappa shape index (κ2) is 7.83. The summed E-state index contributed by atoms with van der Waals surface area (Å²) in [5.74, 6) is -0.0568. The predicted molar refractivity (Wildman–Crippen MR) is 72.9 cm³/mol. The summed E-state index contributed by atoms with van der Waals surface area (Å²) < 4.78 is 10.7. The zero-order chi connectivity index (χ0) is 13.5. The van der Waals surface area contributed by atoms with Gasteiger partial charge in [0.25, 0.3) is 0 Å². The highest BCUT2D eigenvalue weighted by Crippen LogP contribution is 2.19. The van der Waals surface area contributed by atoms with Crippen molar-refractivity contribution in [2.75, 3.05) is 20.5 Å². The highest BCUT2D eigenvalue weighted by atomic mass is 79.9. The van der Waals surface area contributed by atoms with Crippen LogP contribution in [0.3, 0.4) is 0 Å². The number of rotatable bonds is 7. The molecule has 0 aromatic carbocycles. The summed E-state index contributed by atoms with van der Waals surface area (Å²) in [5.41, 5.74) is 0.403. The number of hydrogen-bond donors (Lipinski definition) is 0. The van der Waals surface area contributed by atoms with Crippen LogP contribution in [0.4, 0.5) is 0 Å². The first kappa shape index (κ1) is 15.6. The molecule has 0 aliphatic rings. The molecule has 1 aromatic heterocycles. The van der Waals surface area contributed by atoms with Gasteiger partial charge in [-0.05, 0) is 22.2 Å². The molecule has 1 rings (SSSR count). The fraction of sp³-hybridized carbons (Fsp3) is 0.545. The van der Waals surface area contributed by atoms with E-state index >= 15 is 0 Å². The molecule has 0 bridgehead atoms. The Morgan fingerprint density at radius 1 is 1.50 bits per heavy atom. The molecule has 0 atom stereocenters. The van der Waals surface area contributed by atoms with Crippen LogP contribution in [0.5, 0.6) is 0 Å². The summed E-state index contributed by atoms with van der Waals surface area (Å²) in [6.45, 7) is 0. The van der Waals surface area contributed by atoms with Crippen molar-refractivity contribution in [3.05, 3.63) is 16.4 Å². The van der Waals surface area contributed by atoms with E-state index in [0.29, 0.717) is 28.2 Å². The van der Waals surface area contributed by atoms with Crippen molar-refractivity contribution in [3.8, 4) is 0 Å². The normalized spacial score (nSPS) is 10.9. The van der Waals surface area contributed by atoms with Gasteiger partial charge in [-0.2, -0.15) is 0 Å². The molecule has 0 N–H and O–H groups in total. The van der Waals surface area contributed by atoms with Crippen molar-refractivity contribution in [3.63, 3.8) is 0 Å². The smallest absolute Gasteiger partial charge is 0.187 e. The van der Waals surface area contributed by atoms with E-state index in [2.05, 4.69) is 25.9 Å². The Kier molecular flexibility index (Phi) is 6.77. The minimum Gasteiger partial charge on any atom is -0.356 e. The van der Waals surface area contributed by atoms with E-state index in [1.165, 1.54) is 11.8 Å². The van der Waals surface area contributed by atoms with Gasteiger partial charge in [-0.1, -0.05) is 11.8 Å². The largest absolute Gasteiger partial charge is 0.356 e. The molecular weight excluding hydrogens is 320 g/mol. The van der Waals surface area contributed by atoms with E-state index in [9.17, 15) is 4.79 Å². The molecule has 0 fully saturated rings. The molecule has 1 heterocycles. The van der Waals surface area contributed by atoms with Gasteiger partial charge >= 0.3 is 0 Å². The van der Waals surface area contributed by atoms with Crippen molar-refractivity contribution in [2.24, 2.45) is 0 Å². The molecule has 0 aliphatic heterocycles. The Morgan fingerprint density at radius 2 is 2.17 bits per heavy atom. The van der Waals surface area contributed by atoms with Crippen molar-refractivity contribution in [2.45, 2.75) is 24.3 Å². The number of halogens is 1. The molecule has 0 radical (unpaired) electrons. The fourth-order valence-electron chi connectivity index (χ4n) is 1.34. The van der Waals surface area contributed by atoms with Crippen LogP contribution in [-0.4, -0.2) is 42.5 Å². The van der Waals surface area contributed by atoms with Crippen LogP contribution in [-0.2, 0) is 9.47 Å². The van der Waals surface area contributed by atoms with E-state index in [4.69, 9.17) is 9.47 Å². The number of Topliss-reactive ketones (excluding diaryl/α,β-unsaturated/α-hetero) is 1. The number of carbonyl (C=O) groups is 1. The van der Waals surface area contributed by atoms with Crippen LogP contribution < -0.4 is 0 Å². The van der Waals surface area contributed by atoms with E-state index in [-0.39, 0.29) is 12.1 Å². The number of carbonyl (C=O) groups excluding carboxylic acids is 1. The van der Waals surface area contributed by atoms with Crippen molar-refractivity contribution in [1.82, 2.24) is 9.97 Å². The van der Waals surface area contributed by atoms with Gasteiger partial charge in [0.2, 0.25) is 0 Å². The topological polar surface area (TPSA) is 61.3 Å². The quantitative estimate of drug-likeness (QED) is 0.330. The summed E-state index contributed by atoms with van der Waals surface area (Å²) >= 11 is 4.68. The van der Waals surface area contributed by atoms with Crippen LogP contribution in [0.25, 0.3) is 0 Å². The molecule has 100 valence electrons. The lowest BCUT2D eigenvalue weighted by atomic mass is 10.1. The van der Waals surface area contributed by atoms with Crippen LogP contribution in [0.1, 0.15) is 23.3 Å². The van der Waals surface area contributed by atoms with Gasteiger partial charge in [0.15, 0.2) is 17.2 Å². The number of methoxy groups -OCH3 is 2. The molecule has 0 unspecified atom stereocenters. The SMILES string of the molecule is COC(CCC(=O)c1nc(SC)ncc1Br)OC. The molecule has 0 aliphatic carbocycles. The zero-order valence-corrected chi connectivity index (χ0v) is 12.9. The van der Waals surface area contributed by atoms with E-state index in [1.807, 2.05) is 6.26 Å². The van der Waals surface area contributed by atoms with E-state index < -0.39 is 0 Å². The maximum absolute atomic E-state index is 12.0. The van der Waals surface area contributed by atoms with Gasteiger partial charge in [-0.25, -0.2) is 9.97 Å². The molecule has 0 amide bonds. The lowest BCUT2D eigenvalue weighted by Gasteiger charge is -2.12. The summed E-state index contributed by atoms with van der Waals surface area (Å²) in [7, 11) is 3.09. The first-order valence-electron chi connectivity index (χ1n) is 5.27. The minimum absolute atomic E-state index is 0.0568. The Morgan fingerprint density at radius 3 is 2.72 bits per heavy atom. The fourth-order valence-corrected chi connectivity index (χ4v) is 2.10. The molecule has 0 saturated carbocycles. The maximum atomic E-state index is 12.0. The van der Waals surface area contributed by atoms with E-state index in [1.54, 1.807) is 20.4 Å². The van der Waals surface area contributed by atoms with Gasteiger partial charge in [0, 0.05) is 33.3 Å². The maximum Gasteiger partial charge on any atom is 0.187 e. The lowest BCUT2D eigenvalue weighted by molar-refractivity contribution is -0.105. The Labute approximate surface area is 119 Å². The number of aromatic nitrogens is 2. The van der Waals surface area contributed by atoms with Crippen LogP contribution >= 0.6 is 27.7 Å². The molecule has 0 saturated heterocycles. The van der Waals surface area contributed by atoms with Crippen molar-refractivity contribution >= 4 is 33.5 Å². The third-order valence-electron chi connectivity index (χ3n) is 2.30. The van der Waals surface area contributed by atoms with Crippen LogP contribution in [0.2, 0.25) is 0 Å². The molecular formula is C11H15BrN2O3S. The summed E-state index contributed by atoms with van der Waals surface area (Å²) in [6.07, 6.45) is 3.90. The van der Waals surface area contributed by atoms with Crippen LogP contribution in [0, 0.1) is 0 Å². The third kappa shape index (κ3) is 4.31. The molecule has 5 nitrogen and oxygen atoms in total. The van der Waals surface area contributed by atoms with Crippen molar-refractivity contribution < 1.29 is 14.3 Å². The number of ether oxygens (including phenoxy) is 2. The van der Waals surface area contributed by atoms with Crippen molar-refractivity contribution in [1.29, 1.82) is 0 Å². The number of nitrogens with zero attached hydrogens (tertiary/aromatic N) is 2. The third-order valence-corrected chi connectivity index (χ3v) is 3.44. The monoisotopic (exact) mass is 334 g/mol. The predicted octanol–water partition coefficient (Wildman–Crippen LogP) is 2.54. The minimum atomic E-state index is -0.366. The second-order valence-electron chi connectivity index (χ2n) is 3.42. The van der Waals surface area contributed by atoms with Gasteiger partial charge in [-0.3, -0.25) is 4.79 Å². The average Bonchev–Trinajstić information content (AvgIpc) is 2.40. The number of thioether (sulfide) groups is 1. The Balaban J connectivity index is 2.71. The highest BCUT2D eigenvalue weighted by Gasteiger charge is 2.16. The van der Waals surface area contributed by atoms with Gasteiger partial charge in [-0.15, -0.1) is 0 Å². The summed E-state index contributed by atoms with van der Waals surface area (Å²) in [4.78, 5) is 20.3. The van der Waals surface area contributed by atoms with E-state index in [0.717, 1.165) is 0 Å². The Hall–Kier alpha value is -0.500. The Bertz CT molecular complexity index is 413. The molecule has 7 heteroatoms. The van der Waals surface area contributed by atoms with Gasteiger partial charge in [0.1, 0.15) is 5.69 Å². The highest BCUT2D eigenvalue weighted by molar-refractivity contribution is 9.10. The number of hydrogen-bond acceptors (Lipinski definition) is 6. The first-order valence-corrected chi connectivity index (χ1v) is 7.29. The van der Waals surface area contributed by atoms with Gasteiger partial charge in [0.05, 0.1) is 4.47 Å². The van der Waals surface area contributed by atoms with Gasteiger partial charge < -0.3 is 9.47 Å². The van der Waals surface area contributed by atoms with Crippen LogP contribution in [0.15, 0.2) is 15.8 Å². The zero-order valence-electron chi connectivity index (χ0n) is 10.5. The standard InChI is InChI=1S/C11H15BrN2O3S/c1-16-9(17-2)5-4-8(15)10-7(12)6-13-11(14-10)18-3/h6,9H,4-5H2,1-3H3. The summed E-state index contributed by atoms with van der Waals surface area (Å²) in [5, 5.41) is 0.580. The molecule has 18 heavy (non-hydrogen) atoms.